The molecule has 0 aromatic heterocycles. The summed E-state index contributed by atoms with van der Waals surface area (Å²) in [5.74, 6) is 1.31. The van der Waals surface area contributed by atoms with Crippen LogP contribution in [-0.2, 0) is 4.79 Å². The Kier molecular flexibility index (Phi) is 5.35. The molecule has 0 spiro atoms. The first kappa shape index (κ1) is 16.7. The summed E-state index contributed by atoms with van der Waals surface area (Å²) in [6.45, 7) is 9.93. The molecule has 1 aliphatic rings. The van der Waals surface area contributed by atoms with Crippen molar-refractivity contribution in [2.45, 2.75) is 40.2 Å². The van der Waals surface area contributed by atoms with Gasteiger partial charge in [0.15, 0.2) is 5.78 Å². The maximum absolute atomic E-state index is 12.4. The van der Waals surface area contributed by atoms with E-state index in [1.54, 1.807) is 24.3 Å². The highest BCUT2D eigenvalue weighted by Crippen LogP contribution is 2.23. The van der Waals surface area contributed by atoms with Crippen molar-refractivity contribution in [1.29, 1.82) is 0 Å². The lowest BCUT2D eigenvalue weighted by Crippen LogP contribution is -2.48. The zero-order valence-electron chi connectivity index (χ0n) is 13.9. The van der Waals surface area contributed by atoms with Crippen molar-refractivity contribution in [3.63, 3.8) is 0 Å². The molecule has 0 bridgehead atoms. The molecular weight excluding hydrogens is 276 g/mol. The van der Waals surface area contributed by atoms with Crippen molar-refractivity contribution in [3.05, 3.63) is 29.8 Å². The summed E-state index contributed by atoms with van der Waals surface area (Å²) in [7, 11) is 0. The zero-order valence-corrected chi connectivity index (χ0v) is 13.9. The van der Waals surface area contributed by atoms with Crippen molar-refractivity contribution in [2.24, 2.45) is 11.8 Å². The maximum atomic E-state index is 12.4. The van der Waals surface area contributed by atoms with Gasteiger partial charge in [0.25, 0.3) is 0 Å². The standard InChI is InChI=1S/C18H26N2O2/c1-12-9-13(2)11-20(10-12)14(3)18(22)19-17-7-5-16(6-8-17)15(4)21/h5-8,12-14H,9-11H2,1-4H3,(H,19,22)/t12-,13+,14-/m0/s1. The molecule has 1 fully saturated rings. The summed E-state index contributed by atoms with van der Waals surface area (Å²) in [5, 5.41) is 2.94. The number of rotatable bonds is 4. The van der Waals surface area contributed by atoms with Crippen LogP contribution in [0.4, 0.5) is 5.69 Å². The smallest absolute Gasteiger partial charge is 0.241 e. The summed E-state index contributed by atoms with van der Waals surface area (Å²) < 4.78 is 0. The molecule has 1 aliphatic heterocycles. The quantitative estimate of drug-likeness (QED) is 0.869. The minimum absolute atomic E-state index is 0.0110. The molecule has 1 aromatic rings. The Morgan fingerprint density at radius 2 is 1.68 bits per heavy atom. The van der Waals surface area contributed by atoms with Gasteiger partial charge in [-0.15, -0.1) is 0 Å². The monoisotopic (exact) mass is 302 g/mol. The van der Waals surface area contributed by atoms with Crippen LogP contribution in [0, 0.1) is 11.8 Å². The number of carbonyl (C=O) groups is 2. The van der Waals surface area contributed by atoms with E-state index in [0.29, 0.717) is 17.4 Å². The Morgan fingerprint density at radius 3 is 2.18 bits per heavy atom. The van der Waals surface area contributed by atoms with Gasteiger partial charge in [-0.25, -0.2) is 0 Å². The molecule has 4 heteroatoms. The van der Waals surface area contributed by atoms with Crippen molar-refractivity contribution < 1.29 is 9.59 Å². The van der Waals surface area contributed by atoms with Gasteiger partial charge in [0, 0.05) is 24.3 Å². The molecule has 1 amide bonds. The third kappa shape index (κ3) is 4.17. The van der Waals surface area contributed by atoms with E-state index in [2.05, 4.69) is 24.1 Å². The number of Topliss-reactive ketones (excluding diaryl/α,β-unsaturated/α-hetero) is 1. The summed E-state index contributed by atoms with van der Waals surface area (Å²) >= 11 is 0. The molecule has 1 aromatic carbocycles. The maximum Gasteiger partial charge on any atom is 0.241 e. The number of likely N-dealkylation sites (tertiary alicyclic amines) is 1. The van der Waals surface area contributed by atoms with Crippen LogP contribution in [-0.4, -0.2) is 35.7 Å². The van der Waals surface area contributed by atoms with E-state index in [1.165, 1.54) is 13.3 Å². The van der Waals surface area contributed by atoms with Gasteiger partial charge >= 0.3 is 0 Å². The number of hydrogen-bond donors (Lipinski definition) is 1. The molecule has 3 atom stereocenters. The first-order chi connectivity index (χ1) is 10.4. The predicted octanol–water partition coefficient (Wildman–Crippen LogP) is 3.19. The number of carbonyl (C=O) groups excluding carboxylic acids is 2. The summed E-state index contributed by atoms with van der Waals surface area (Å²) in [6.07, 6.45) is 1.23. The van der Waals surface area contributed by atoms with E-state index >= 15 is 0 Å². The van der Waals surface area contributed by atoms with Gasteiger partial charge in [-0.1, -0.05) is 13.8 Å². The Labute approximate surface area is 132 Å². The van der Waals surface area contributed by atoms with E-state index in [1.807, 2.05) is 6.92 Å². The Balaban J connectivity index is 1.97. The Hall–Kier alpha value is -1.68. The lowest BCUT2D eigenvalue weighted by atomic mass is 9.91. The average molecular weight is 302 g/mol. The van der Waals surface area contributed by atoms with Crippen LogP contribution in [0.2, 0.25) is 0 Å². The minimum atomic E-state index is -0.141. The van der Waals surface area contributed by atoms with E-state index in [4.69, 9.17) is 0 Å². The molecule has 4 nitrogen and oxygen atoms in total. The summed E-state index contributed by atoms with van der Waals surface area (Å²) in [4.78, 5) is 25.9. The lowest BCUT2D eigenvalue weighted by molar-refractivity contribution is -0.121. The molecule has 0 saturated carbocycles. The highest BCUT2D eigenvalue weighted by atomic mass is 16.2. The Morgan fingerprint density at radius 1 is 1.14 bits per heavy atom. The number of nitrogens with zero attached hydrogens (tertiary/aromatic N) is 1. The molecule has 2 rings (SSSR count). The van der Waals surface area contributed by atoms with Crippen LogP contribution >= 0.6 is 0 Å². The number of benzene rings is 1. The van der Waals surface area contributed by atoms with E-state index in [0.717, 1.165) is 18.8 Å². The predicted molar refractivity (Wildman–Crippen MR) is 89.1 cm³/mol. The lowest BCUT2D eigenvalue weighted by Gasteiger charge is -2.38. The second kappa shape index (κ2) is 7.05. The van der Waals surface area contributed by atoms with E-state index in [-0.39, 0.29) is 17.7 Å². The largest absolute Gasteiger partial charge is 0.325 e. The van der Waals surface area contributed by atoms with Gasteiger partial charge < -0.3 is 5.32 Å². The van der Waals surface area contributed by atoms with Crippen molar-refractivity contribution in [1.82, 2.24) is 4.90 Å². The van der Waals surface area contributed by atoms with Crippen molar-refractivity contribution >= 4 is 17.4 Å². The van der Waals surface area contributed by atoms with Gasteiger partial charge in [-0.3, -0.25) is 14.5 Å². The average Bonchev–Trinajstić information content (AvgIpc) is 2.46. The number of anilines is 1. The van der Waals surface area contributed by atoms with Crippen molar-refractivity contribution in [2.75, 3.05) is 18.4 Å². The van der Waals surface area contributed by atoms with Crippen LogP contribution < -0.4 is 5.32 Å². The molecule has 1 saturated heterocycles. The van der Waals surface area contributed by atoms with Crippen LogP contribution in [0.5, 0.6) is 0 Å². The van der Waals surface area contributed by atoms with Crippen LogP contribution in [0.25, 0.3) is 0 Å². The fraction of sp³-hybridized carbons (Fsp3) is 0.556. The topological polar surface area (TPSA) is 49.4 Å². The molecule has 0 radical (unpaired) electrons. The van der Waals surface area contributed by atoms with Crippen molar-refractivity contribution in [3.8, 4) is 0 Å². The number of nitrogens with one attached hydrogen (secondary N) is 1. The van der Waals surface area contributed by atoms with E-state index < -0.39 is 0 Å². The van der Waals surface area contributed by atoms with Gasteiger partial charge in [0.1, 0.15) is 0 Å². The third-order valence-corrected chi connectivity index (χ3v) is 4.38. The number of ketones is 1. The summed E-state index contributed by atoms with van der Waals surface area (Å²) in [5.41, 5.74) is 1.39. The first-order valence-electron chi connectivity index (χ1n) is 8.02. The third-order valence-electron chi connectivity index (χ3n) is 4.38. The zero-order chi connectivity index (χ0) is 16.3. The van der Waals surface area contributed by atoms with Gasteiger partial charge in [0.05, 0.1) is 6.04 Å². The second-order valence-corrected chi connectivity index (χ2v) is 6.70. The number of amides is 1. The van der Waals surface area contributed by atoms with Gasteiger partial charge in [-0.2, -0.15) is 0 Å². The van der Waals surface area contributed by atoms with Crippen LogP contribution in [0.15, 0.2) is 24.3 Å². The molecule has 1 N–H and O–H groups in total. The minimum Gasteiger partial charge on any atom is -0.325 e. The van der Waals surface area contributed by atoms with Crippen LogP contribution in [0.3, 0.4) is 0 Å². The molecule has 120 valence electrons. The SMILES string of the molecule is CC(=O)c1ccc(NC(=O)[C@H](C)N2C[C@H](C)C[C@H](C)C2)cc1. The molecule has 0 aliphatic carbocycles. The number of piperidine rings is 1. The van der Waals surface area contributed by atoms with E-state index in [9.17, 15) is 9.59 Å². The fourth-order valence-electron chi connectivity index (χ4n) is 3.23. The second-order valence-electron chi connectivity index (χ2n) is 6.70. The number of hydrogen-bond acceptors (Lipinski definition) is 3. The molecule has 1 heterocycles. The summed E-state index contributed by atoms with van der Waals surface area (Å²) in [6, 6.07) is 6.91. The molecule has 22 heavy (non-hydrogen) atoms. The normalized spacial score (nSPS) is 23.8. The Bertz CT molecular complexity index is 529. The fourth-order valence-corrected chi connectivity index (χ4v) is 3.23. The molecule has 0 unspecified atom stereocenters. The molecular formula is C18H26N2O2. The highest BCUT2D eigenvalue weighted by Gasteiger charge is 2.28. The van der Waals surface area contributed by atoms with Crippen LogP contribution in [0.1, 0.15) is 44.5 Å². The first-order valence-corrected chi connectivity index (χ1v) is 8.02. The van der Waals surface area contributed by atoms with Gasteiger partial charge in [0.2, 0.25) is 5.91 Å². The van der Waals surface area contributed by atoms with Gasteiger partial charge in [-0.05, 0) is 56.4 Å². The highest BCUT2D eigenvalue weighted by molar-refractivity contribution is 5.96.